The van der Waals surface area contributed by atoms with Gasteiger partial charge in [-0.25, -0.2) is 4.79 Å². The fraction of sp³-hybridized carbons (Fsp3) is 0.923. The van der Waals surface area contributed by atoms with Gasteiger partial charge in [0.05, 0.1) is 0 Å². The standard InChI is InChI=1S/C13H26N2O2S/c1-10(8-9-17-2)14-13(16)15-11-6-4-5-7-12(11)18-3/h10-12H,4-9H2,1-3H3,(H2,14,15,16). The predicted molar refractivity (Wildman–Crippen MR) is 77.2 cm³/mol. The van der Waals surface area contributed by atoms with Gasteiger partial charge >= 0.3 is 6.03 Å². The lowest BCUT2D eigenvalue weighted by atomic mass is 9.95. The van der Waals surface area contributed by atoms with E-state index in [1.165, 1.54) is 19.3 Å². The minimum absolute atomic E-state index is 0.0375. The zero-order valence-corrected chi connectivity index (χ0v) is 12.5. The molecule has 3 atom stereocenters. The molecule has 0 aromatic heterocycles. The first-order chi connectivity index (χ1) is 8.67. The maximum atomic E-state index is 11.9. The summed E-state index contributed by atoms with van der Waals surface area (Å²) in [7, 11) is 1.68. The maximum Gasteiger partial charge on any atom is 0.315 e. The Labute approximate surface area is 115 Å². The van der Waals surface area contributed by atoms with Crippen molar-refractivity contribution < 1.29 is 9.53 Å². The second kappa shape index (κ2) is 8.64. The minimum Gasteiger partial charge on any atom is -0.385 e. The Morgan fingerprint density at radius 3 is 2.83 bits per heavy atom. The number of amides is 2. The Morgan fingerprint density at radius 2 is 2.17 bits per heavy atom. The van der Waals surface area contributed by atoms with Crippen molar-refractivity contribution in [2.24, 2.45) is 0 Å². The molecule has 5 heteroatoms. The Kier molecular flexibility index (Phi) is 7.51. The van der Waals surface area contributed by atoms with E-state index < -0.39 is 0 Å². The molecule has 0 aliphatic heterocycles. The van der Waals surface area contributed by atoms with Crippen LogP contribution in [0.25, 0.3) is 0 Å². The number of thioether (sulfide) groups is 1. The van der Waals surface area contributed by atoms with Gasteiger partial charge in [-0.05, 0) is 32.4 Å². The number of rotatable bonds is 6. The third kappa shape index (κ3) is 5.48. The smallest absolute Gasteiger partial charge is 0.315 e. The molecule has 2 N–H and O–H groups in total. The van der Waals surface area contributed by atoms with Crippen LogP contribution in [0.3, 0.4) is 0 Å². The highest BCUT2D eigenvalue weighted by Crippen LogP contribution is 2.26. The van der Waals surface area contributed by atoms with Crippen molar-refractivity contribution in [3.63, 3.8) is 0 Å². The molecule has 1 rings (SSSR count). The Morgan fingerprint density at radius 1 is 1.44 bits per heavy atom. The molecule has 1 aliphatic rings. The van der Waals surface area contributed by atoms with Gasteiger partial charge in [-0.15, -0.1) is 0 Å². The summed E-state index contributed by atoms with van der Waals surface area (Å²) in [5, 5.41) is 6.65. The molecule has 4 nitrogen and oxygen atoms in total. The van der Waals surface area contributed by atoms with Crippen LogP contribution >= 0.6 is 11.8 Å². The summed E-state index contributed by atoms with van der Waals surface area (Å²) in [5.41, 5.74) is 0. The number of urea groups is 1. The van der Waals surface area contributed by atoms with Crippen molar-refractivity contribution in [2.75, 3.05) is 20.0 Å². The van der Waals surface area contributed by atoms with Crippen LogP contribution in [-0.4, -0.2) is 43.3 Å². The number of hydrogen-bond donors (Lipinski definition) is 2. The van der Waals surface area contributed by atoms with Crippen LogP contribution in [0, 0.1) is 0 Å². The molecule has 0 spiro atoms. The van der Waals surface area contributed by atoms with E-state index >= 15 is 0 Å². The fourth-order valence-corrected chi connectivity index (χ4v) is 3.28. The van der Waals surface area contributed by atoms with Crippen molar-refractivity contribution >= 4 is 17.8 Å². The molecule has 2 amide bonds. The zero-order chi connectivity index (χ0) is 13.4. The van der Waals surface area contributed by atoms with Crippen LogP contribution in [0.4, 0.5) is 4.79 Å². The van der Waals surface area contributed by atoms with E-state index in [1.54, 1.807) is 7.11 Å². The maximum absolute atomic E-state index is 11.9. The first-order valence-corrected chi connectivity index (χ1v) is 8.05. The van der Waals surface area contributed by atoms with Crippen molar-refractivity contribution in [1.82, 2.24) is 10.6 Å². The Bertz CT molecular complexity index is 251. The number of hydrogen-bond acceptors (Lipinski definition) is 3. The van der Waals surface area contributed by atoms with Crippen molar-refractivity contribution in [3.05, 3.63) is 0 Å². The molecule has 1 aliphatic carbocycles. The van der Waals surface area contributed by atoms with Gasteiger partial charge in [0.2, 0.25) is 0 Å². The highest BCUT2D eigenvalue weighted by molar-refractivity contribution is 7.99. The van der Waals surface area contributed by atoms with Gasteiger partial charge in [0.15, 0.2) is 0 Å². The molecule has 0 heterocycles. The third-order valence-electron chi connectivity index (χ3n) is 3.45. The normalized spacial score (nSPS) is 25.5. The Hall–Kier alpha value is -0.420. The number of methoxy groups -OCH3 is 1. The van der Waals surface area contributed by atoms with Gasteiger partial charge in [0.1, 0.15) is 0 Å². The molecule has 0 bridgehead atoms. The summed E-state index contributed by atoms with van der Waals surface area (Å²) in [6, 6.07) is 0.439. The van der Waals surface area contributed by atoms with Crippen LogP contribution in [0.15, 0.2) is 0 Å². The van der Waals surface area contributed by atoms with Crippen molar-refractivity contribution in [1.29, 1.82) is 0 Å². The summed E-state index contributed by atoms with van der Waals surface area (Å²) in [4.78, 5) is 11.9. The number of ether oxygens (including phenoxy) is 1. The molecule has 0 aromatic carbocycles. The summed E-state index contributed by atoms with van der Waals surface area (Å²) >= 11 is 1.87. The third-order valence-corrected chi connectivity index (χ3v) is 4.62. The van der Waals surface area contributed by atoms with E-state index in [9.17, 15) is 4.79 Å². The van der Waals surface area contributed by atoms with Gasteiger partial charge < -0.3 is 15.4 Å². The van der Waals surface area contributed by atoms with Crippen LogP contribution in [0.2, 0.25) is 0 Å². The highest BCUT2D eigenvalue weighted by atomic mass is 32.2. The van der Waals surface area contributed by atoms with E-state index in [0.29, 0.717) is 17.9 Å². The van der Waals surface area contributed by atoms with Crippen LogP contribution in [0.5, 0.6) is 0 Å². The average Bonchev–Trinajstić information content (AvgIpc) is 2.36. The first-order valence-electron chi connectivity index (χ1n) is 6.76. The van der Waals surface area contributed by atoms with E-state index in [-0.39, 0.29) is 12.1 Å². The van der Waals surface area contributed by atoms with Crippen molar-refractivity contribution in [2.45, 2.75) is 56.4 Å². The van der Waals surface area contributed by atoms with Gasteiger partial charge in [-0.1, -0.05) is 12.8 Å². The SMILES string of the molecule is COCCC(C)NC(=O)NC1CCCCC1SC. The second-order valence-corrected chi connectivity index (χ2v) is 6.04. The topological polar surface area (TPSA) is 50.4 Å². The zero-order valence-electron chi connectivity index (χ0n) is 11.7. The molecule has 3 unspecified atom stereocenters. The molecular formula is C13H26N2O2S. The highest BCUT2D eigenvalue weighted by Gasteiger charge is 2.25. The second-order valence-electron chi connectivity index (χ2n) is 4.97. The monoisotopic (exact) mass is 274 g/mol. The van der Waals surface area contributed by atoms with Crippen LogP contribution in [-0.2, 0) is 4.74 Å². The quantitative estimate of drug-likeness (QED) is 0.782. The lowest BCUT2D eigenvalue weighted by molar-refractivity contribution is 0.183. The summed E-state index contributed by atoms with van der Waals surface area (Å²) < 4.78 is 5.00. The Balaban J connectivity index is 2.29. The largest absolute Gasteiger partial charge is 0.385 e. The van der Waals surface area contributed by atoms with Crippen LogP contribution < -0.4 is 10.6 Å². The molecule has 0 radical (unpaired) electrons. The summed E-state index contributed by atoms with van der Waals surface area (Å²) in [6.45, 7) is 2.68. The molecule has 0 aromatic rings. The molecular weight excluding hydrogens is 248 g/mol. The lowest BCUT2D eigenvalue weighted by Crippen LogP contribution is -2.50. The summed E-state index contributed by atoms with van der Waals surface area (Å²) in [6.07, 6.45) is 7.80. The van der Waals surface area contributed by atoms with Gasteiger partial charge in [-0.3, -0.25) is 0 Å². The molecule has 1 fully saturated rings. The molecule has 106 valence electrons. The number of carbonyl (C=O) groups excluding carboxylic acids is 1. The van der Waals surface area contributed by atoms with Crippen molar-refractivity contribution in [3.8, 4) is 0 Å². The fourth-order valence-electron chi connectivity index (χ4n) is 2.34. The van der Waals surface area contributed by atoms with E-state index in [0.717, 1.165) is 12.8 Å². The van der Waals surface area contributed by atoms with Gasteiger partial charge in [0, 0.05) is 31.1 Å². The minimum atomic E-state index is -0.0375. The van der Waals surface area contributed by atoms with E-state index in [4.69, 9.17) is 4.74 Å². The first kappa shape index (κ1) is 15.6. The van der Waals surface area contributed by atoms with E-state index in [2.05, 4.69) is 16.9 Å². The van der Waals surface area contributed by atoms with Gasteiger partial charge in [-0.2, -0.15) is 11.8 Å². The lowest BCUT2D eigenvalue weighted by Gasteiger charge is -2.31. The van der Waals surface area contributed by atoms with Gasteiger partial charge in [0.25, 0.3) is 0 Å². The molecule has 0 saturated heterocycles. The molecule has 1 saturated carbocycles. The average molecular weight is 274 g/mol. The molecule has 18 heavy (non-hydrogen) atoms. The predicted octanol–water partition coefficient (Wildman–Crippen LogP) is 2.38. The summed E-state index contributed by atoms with van der Waals surface area (Å²) in [5.74, 6) is 0. The number of nitrogens with one attached hydrogen (secondary N) is 2. The van der Waals surface area contributed by atoms with Crippen LogP contribution in [0.1, 0.15) is 39.0 Å². The number of carbonyl (C=O) groups is 1. The van der Waals surface area contributed by atoms with E-state index in [1.807, 2.05) is 18.7 Å².